The number of hydrogen-bond donors (Lipinski definition) is 0. The zero-order chi connectivity index (χ0) is 71.1. The van der Waals surface area contributed by atoms with Gasteiger partial charge in [0.15, 0.2) is 5.82 Å². The SMILES string of the molecule is Cc1cc(C)c(-c2cc[c-]c3c2ccn2cc(C)nc32)c(C)c1.Cc1ccccc1-c1cnc2c3[c-]cccc3ccn12.Cc1cn2ccc3c(-c4ccccc4C)cc[c-]c3c2n1.Cc1cn2ccc3c(-c4ccccc4F)cc[c-]c3c2n1.[Ir].[Ir].[Ir].[Ir].[Ir].[c-]1cccc2c(-c3ncccn3)cn3ccnc3c12. The van der Waals surface area contributed by atoms with Gasteiger partial charge in [0.1, 0.15) is 5.82 Å². The molecule has 0 aliphatic heterocycles. The summed E-state index contributed by atoms with van der Waals surface area (Å²) in [5.41, 5.74) is 24.0. The first kappa shape index (κ1) is 80.0. The van der Waals surface area contributed by atoms with Crippen molar-refractivity contribution in [3.8, 4) is 56.0 Å². The third kappa shape index (κ3) is 15.9. The van der Waals surface area contributed by atoms with E-state index in [1.54, 1.807) is 30.7 Å². The minimum Gasteiger partial charge on any atom is -0.347 e. The van der Waals surface area contributed by atoms with Gasteiger partial charge in [0.25, 0.3) is 0 Å². The van der Waals surface area contributed by atoms with Crippen LogP contribution in [0.25, 0.3) is 138 Å². The second-order valence-corrected chi connectivity index (χ2v) is 26.1. The molecule has 5 radical (unpaired) electrons. The summed E-state index contributed by atoms with van der Waals surface area (Å²) < 4.78 is 24.3. The van der Waals surface area contributed by atoms with Crippen LogP contribution in [0.5, 0.6) is 0 Å². The number of aromatic nitrogens is 12. The first-order valence-corrected chi connectivity index (χ1v) is 34.4. The maximum atomic E-state index is 14.1. The van der Waals surface area contributed by atoms with Crippen molar-refractivity contribution in [1.82, 2.24) is 56.9 Å². The summed E-state index contributed by atoms with van der Waals surface area (Å²) in [6, 6.07) is 78.9. The Morgan fingerprint density at radius 3 is 1.34 bits per heavy atom. The standard InChI is InChI=1S/C21H19N2.C19H15N2.C18H12FN2.C18H13N2.C15H9N4.5Ir/c1-13-10-14(2)20(15(3)11-13)18-6-5-7-19-17(18)8-9-23-12-16(4)22-21(19)23;1-13-6-3-4-7-15(13)16-8-5-9-18-17(16)10-11-21-12-14(2)20-19(18)21;1-12-11-21-10-9-14-13(15-5-2-3-8-17(15)19)6-4-7-16(14)18(21)20-12;1-13-6-2-4-8-15(13)17-12-19-18-16-9-5-3-7-14(16)10-11-20(17)18;1-2-5-12-11(4-1)13(14-16-6-3-7-17-14)10-19-9-8-18-15(12)19;;;;;/h5-6,8-12H,1-4H3;3-8,10-12H,1-2H3;2-6,8-11H,1H3;2-8,10-12H,1H3;1-4,6-10H;;;;;/q5*-1;;;;;. The van der Waals surface area contributed by atoms with Crippen LogP contribution in [0.1, 0.15) is 44.9 Å². The average molecular weight is 2310 g/mol. The van der Waals surface area contributed by atoms with Crippen LogP contribution in [-0.4, -0.2) is 56.9 Å². The number of rotatable bonds is 5. The Balaban J connectivity index is 0.000000134. The molecule has 0 saturated carbocycles. The molecule has 11 heterocycles. The second-order valence-electron chi connectivity index (χ2n) is 26.1. The maximum absolute atomic E-state index is 14.1. The molecule has 0 aliphatic carbocycles. The van der Waals surface area contributed by atoms with Crippen LogP contribution in [0.2, 0.25) is 0 Å². The maximum Gasteiger partial charge on any atom is 0.151 e. The van der Waals surface area contributed by atoms with Crippen LogP contribution in [0.3, 0.4) is 0 Å². The fourth-order valence-electron chi connectivity index (χ4n) is 14.3. The second kappa shape index (κ2) is 34.7. The quantitative estimate of drug-likeness (QED) is 0.158. The summed E-state index contributed by atoms with van der Waals surface area (Å²) in [4.78, 5) is 31.5. The number of nitrogens with zero attached hydrogens (tertiary/aromatic N) is 12. The summed E-state index contributed by atoms with van der Waals surface area (Å²) in [7, 11) is 0. The third-order valence-electron chi connectivity index (χ3n) is 18.9. The van der Waals surface area contributed by atoms with E-state index in [1.165, 1.54) is 77.9 Å². The van der Waals surface area contributed by atoms with E-state index in [0.29, 0.717) is 11.4 Å². The van der Waals surface area contributed by atoms with Crippen LogP contribution in [0, 0.1) is 91.5 Å². The van der Waals surface area contributed by atoms with Crippen molar-refractivity contribution >= 4 is 82.1 Å². The van der Waals surface area contributed by atoms with E-state index in [0.717, 1.165) is 99.8 Å². The van der Waals surface area contributed by atoms with Crippen molar-refractivity contribution < 1.29 is 105 Å². The normalized spacial score (nSPS) is 10.8. The minimum atomic E-state index is -0.218. The van der Waals surface area contributed by atoms with Crippen molar-refractivity contribution in [1.29, 1.82) is 0 Å². The zero-order valence-electron chi connectivity index (χ0n) is 60.3. The molecule has 20 aromatic rings. The minimum absolute atomic E-state index is 0. The molecule has 0 saturated heterocycles. The fourth-order valence-corrected chi connectivity index (χ4v) is 14.3. The summed E-state index contributed by atoms with van der Waals surface area (Å²) in [5.74, 6) is 0.493. The van der Waals surface area contributed by atoms with Gasteiger partial charge in [-0.3, -0.25) is 24.9 Å². The van der Waals surface area contributed by atoms with E-state index in [1.807, 2.05) is 140 Å². The third-order valence-corrected chi connectivity index (χ3v) is 18.9. The molecule has 109 heavy (non-hydrogen) atoms. The van der Waals surface area contributed by atoms with Gasteiger partial charge >= 0.3 is 0 Å². The molecule has 9 aromatic carbocycles. The molecule has 12 nitrogen and oxygen atoms in total. The average Bonchev–Trinajstić information content (AvgIpc) is 1.77. The molecular weight excluding hydrogens is 2240 g/mol. The number of pyridine rings is 5. The predicted octanol–water partition coefficient (Wildman–Crippen LogP) is 21.2. The fraction of sp³-hybridized carbons (Fsp3) is 0.0879. The Labute approximate surface area is 698 Å². The Morgan fingerprint density at radius 2 is 0.780 bits per heavy atom. The number of halogens is 1. The number of imidazole rings is 5. The van der Waals surface area contributed by atoms with E-state index in [4.69, 9.17) is 0 Å². The van der Waals surface area contributed by atoms with E-state index in [9.17, 15) is 4.39 Å². The predicted molar refractivity (Wildman–Crippen MR) is 418 cm³/mol. The number of aryl methyl sites for hydroxylation is 8. The van der Waals surface area contributed by atoms with E-state index in [2.05, 4.69) is 235 Å². The van der Waals surface area contributed by atoms with Gasteiger partial charge in [-0.25, -0.2) is 14.4 Å². The van der Waals surface area contributed by atoms with Crippen LogP contribution in [-0.2, 0) is 101 Å². The number of hydrogen-bond acceptors (Lipinski definition) is 7. The van der Waals surface area contributed by atoms with Crippen molar-refractivity contribution in [2.24, 2.45) is 0 Å². The van der Waals surface area contributed by atoms with Gasteiger partial charge in [-0.05, 0) is 131 Å². The Morgan fingerprint density at radius 1 is 0.321 bits per heavy atom. The molecule has 0 unspecified atom stereocenters. The van der Waals surface area contributed by atoms with Crippen LogP contribution >= 0.6 is 0 Å². The van der Waals surface area contributed by atoms with Crippen molar-refractivity contribution in [2.75, 3.05) is 0 Å². The van der Waals surface area contributed by atoms with Gasteiger partial charge in [0.2, 0.25) is 0 Å². The van der Waals surface area contributed by atoms with Gasteiger partial charge in [-0.15, -0.1) is 135 Å². The Bertz CT molecular complexity index is 6480. The van der Waals surface area contributed by atoms with Crippen LogP contribution in [0.15, 0.2) is 269 Å². The van der Waals surface area contributed by atoms with Gasteiger partial charge in [-0.1, -0.05) is 147 Å². The molecule has 0 bridgehead atoms. The van der Waals surface area contributed by atoms with Crippen molar-refractivity contribution in [3.05, 3.63) is 350 Å². The van der Waals surface area contributed by atoms with Gasteiger partial charge in [0.05, 0.1) is 33.9 Å². The summed E-state index contributed by atoms with van der Waals surface area (Å²) in [6.07, 6.45) is 25.4. The molecule has 0 fully saturated rings. The first-order chi connectivity index (χ1) is 50.8. The van der Waals surface area contributed by atoms with Crippen LogP contribution < -0.4 is 0 Å². The largest absolute Gasteiger partial charge is 0.347 e. The van der Waals surface area contributed by atoms with E-state index >= 15 is 0 Å². The zero-order valence-corrected chi connectivity index (χ0v) is 72.3. The topological polar surface area (TPSA) is 112 Å². The van der Waals surface area contributed by atoms with Crippen LogP contribution in [0.4, 0.5) is 4.39 Å². The van der Waals surface area contributed by atoms with Gasteiger partial charge < -0.3 is 22.0 Å². The van der Waals surface area contributed by atoms with Crippen molar-refractivity contribution in [3.63, 3.8) is 0 Å². The molecule has 0 atom stereocenters. The molecule has 549 valence electrons. The van der Waals surface area contributed by atoms with Crippen molar-refractivity contribution in [2.45, 2.75) is 55.4 Å². The molecule has 0 spiro atoms. The monoisotopic (exact) mass is 2310 g/mol. The number of benzene rings is 9. The Hall–Kier alpha value is -10.0. The van der Waals surface area contributed by atoms with Gasteiger partial charge in [-0.2, -0.15) is 0 Å². The van der Waals surface area contributed by atoms with E-state index in [-0.39, 0.29) is 106 Å². The smallest absolute Gasteiger partial charge is 0.151 e. The molecule has 18 heteroatoms. The molecule has 0 amide bonds. The number of fused-ring (bicyclic) bond motifs is 15. The summed E-state index contributed by atoms with van der Waals surface area (Å²) in [6.45, 7) is 16.8. The first-order valence-electron chi connectivity index (χ1n) is 34.4. The summed E-state index contributed by atoms with van der Waals surface area (Å²) in [5, 5.41) is 10.7. The summed E-state index contributed by atoms with van der Waals surface area (Å²) >= 11 is 0. The molecule has 0 N–H and O–H groups in total. The molecule has 20 rings (SSSR count). The van der Waals surface area contributed by atoms with Gasteiger partial charge in [0, 0.05) is 185 Å². The van der Waals surface area contributed by atoms with E-state index < -0.39 is 0 Å². The molecule has 0 aliphatic rings. The molecule has 11 aromatic heterocycles. The molecular formula is C91H68FIr5N12-5. The Kier molecular flexibility index (Phi) is 25.5.